The number of hydrogen-bond donors (Lipinski definition) is 5. The van der Waals surface area contributed by atoms with Gasteiger partial charge in [-0.05, 0) is 130 Å². The van der Waals surface area contributed by atoms with Crippen LogP contribution in [0.3, 0.4) is 0 Å². The zero-order valence-corrected chi connectivity index (χ0v) is 28.6. The van der Waals surface area contributed by atoms with E-state index in [2.05, 4.69) is 41.5 Å². The molecule has 44 heavy (non-hydrogen) atoms. The van der Waals surface area contributed by atoms with E-state index in [9.17, 15) is 25.5 Å². The second-order valence-corrected chi connectivity index (χ2v) is 18.1. The fourth-order valence-corrected chi connectivity index (χ4v) is 12.7. The summed E-state index contributed by atoms with van der Waals surface area (Å²) in [5.74, 6) is 2.20. The molecule has 4 saturated carbocycles. The molecule has 5 N–H and O–H groups in total. The zero-order chi connectivity index (χ0) is 32.3. The minimum atomic E-state index is -1.40. The molecule has 2 saturated heterocycles. The highest BCUT2D eigenvalue weighted by Crippen LogP contribution is 2.76. The van der Waals surface area contributed by atoms with Gasteiger partial charge in [0, 0.05) is 0 Å². The van der Waals surface area contributed by atoms with Crippen molar-refractivity contribution in [2.75, 3.05) is 6.61 Å². The SMILES string of the molecule is CC(C)(O)[C@H]1CC[C@@](C)([C@H]2CC[C@]3(C)[C@@H]2CC[C@@H]2[C@@]4(C)CCC(O[C@@H]5[C@@H](O)[C@H](O)[C@@H](CO)O[C@H]5O)C(C)(C)[C@@H]4CC[C@]23C)O1. The summed E-state index contributed by atoms with van der Waals surface area (Å²) in [7, 11) is 0. The predicted molar refractivity (Wildman–Crippen MR) is 166 cm³/mol. The number of fused-ring (bicyclic) bond motifs is 5. The van der Waals surface area contributed by atoms with E-state index in [-0.39, 0.29) is 39.5 Å². The van der Waals surface area contributed by atoms with Gasteiger partial charge < -0.3 is 39.7 Å². The van der Waals surface area contributed by atoms with E-state index in [1.54, 1.807) is 0 Å². The Balaban J connectivity index is 1.21. The summed E-state index contributed by atoms with van der Waals surface area (Å²) in [5.41, 5.74) is -0.537. The van der Waals surface area contributed by atoms with Crippen LogP contribution < -0.4 is 0 Å². The first-order valence-corrected chi connectivity index (χ1v) is 17.7. The van der Waals surface area contributed by atoms with E-state index in [0.29, 0.717) is 23.7 Å². The van der Waals surface area contributed by atoms with Crippen LogP contribution in [0.15, 0.2) is 0 Å². The van der Waals surface area contributed by atoms with Gasteiger partial charge in [0.1, 0.15) is 24.4 Å². The third-order valence-electron chi connectivity index (χ3n) is 15.4. The molecule has 0 aromatic heterocycles. The highest BCUT2D eigenvalue weighted by molar-refractivity contribution is 5.19. The molecule has 0 amide bonds. The lowest BCUT2D eigenvalue weighted by Crippen LogP contribution is -2.65. The Kier molecular flexibility index (Phi) is 8.28. The molecule has 2 heterocycles. The van der Waals surface area contributed by atoms with Crippen molar-refractivity contribution in [3.05, 3.63) is 0 Å². The van der Waals surface area contributed by atoms with Crippen LogP contribution in [0.4, 0.5) is 0 Å². The minimum absolute atomic E-state index is 0.0953. The Morgan fingerprint density at radius 1 is 0.750 bits per heavy atom. The van der Waals surface area contributed by atoms with E-state index >= 15 is 0 Å². The standard InChI is InChI=1S/C36H62O8/c1-31(2)23-12-17-35(7)24(33(23,5)15-13-25(31)43-29-28(39)27(38)22(19-37)42-30(29)40)10-9-20-21(11-16-34(20,35)6)36(8)18-14-26(44-36)32(3,4)41/h20-30,37-41H,9-19H2,1-8H3/t20-,21+,22-,23+,24-,25?,26-,27-,28+,29-,30-,33+,34-,35-,36+/m1/s1. The van der Waals surface area contributed by atoms with Crippen LogP contribution >= 0.6 is 0 Å². The molecular formula is C36H62O8. The van der Waals surface area contributed by atoms with Crippen molar-refractivity contribution >= 4 is 0 Å². The number of rotatable bonds is 5. The Morgan fingerprint density at radius 2 is 1.43 bits per heavy atom. The smallest absolute Gasteiger partial charge is 0.184 e. The molecule has 6 fully saturated rings. The maximum Gasteiger partial charge on any atom is 0.184 e. The third-order valence-corrected chi connectivity index (χ3v) is 15.4. The highest BCUT2D eigenvalue weighted by atomic mass is 16.7. The Hall–Kier alpha value is -0.320. The monoisotopic (exact) mass is 622 g/mol. The Labute approximate surface area is 265 Å². The first-order valence-electron chi connectivity index (χ1n) is 17.7. The third kappa shape index (κ3) is 4.74. The second-order valence-electron chi connectivity index (χ2n) is 18.1. The molecule has 0 aromatic carbocycles. The average molecular weight is 623 g/mol. The summed E-state index contributed by atoms with van der Waals surface area (Å²) >= 11 is 0. The molecule has 0 radical (unpaired) electrons. The van der Waals surface area contributed by atoms with Gasteiger partial charge in [-0.25, -0.2) is 0 Å². The van der Waals surface area contributed by atoms with E-state index in [0.717, 1.165) is 32.1 Å². The quantitative estimate of drug-likeness (QED) is 0.302. The van der Waals surface area contributed by atoms with Crippen molar-refractivity contribution in [2.24, 2.45) is 45.3 Å². The summed E-state index contributed by atoms with van der Waals surface area (Å²) in [4.78, 5) is 0. The molecule has 15 atom stereocenters. The topological polar surface area (TPSA) is 129 Å². The van der Waals surface area contributed by atoms with Gasteiger partial charge in [-0.15, -0.1) is 0 Å². The van der Waals surface area contributed by atoms with Crippen molar-refractivity contribution < 1.29 is 39.7 Å². The maximum atomic E-state index is 10.8. The van der Waals surface area contributed by atoms with Crippen molar-refractivity contribution in [1.29, 1.82) is 0 Å². The van der Waals surface area contributed by atoms with Crippen molar-refractivity contribution in [1.82, 2.24) is 0 Å². The summed E-state index contributed by atoms with van der Waals surface area (Å²) in [6, 6.07) is 0. The molecule has 6 aliphatic rings. The molecular weight excluding hydrogens is 560 g/mol. The molecule has 6 rings (SSSR count). The molecule has 1 unspecified atom stereocenters. The Bertz CT molecular complexity index is 1070. The second kappa shape index (κ2) is 10.8. The zero-order valence-electron chi connectivity index (χ0n) is 28.6. The first-order chi connectivity index (χ1) is 20.3. The number of aliphatic hydroxyl groups is 5. The van der Waals surface area contributed by atoms with E-state index in [1.807, 2.05) is 13.8 Å². The predicted octanol–water partition coefficient (Wildman–Crippen LogP) is 4.57. The maximum absolute atomic E-state index is 10.8. The van der Waals surface area contributed by atoms with Crippen molar-refractivity contribution in [2.45, 2.75) is 174 Å². The molecule has 4 aliphatic carbocycles. The van der Waals surface area contributed by atoms with Crippen LogP contribution in [0.2, 0.25) is 0 Å². The van der Waals surface area contributed by atoms with E-state index in [1.165, 1.54) is 32.1 Å². The van der Waals surface area contributed by atoms with Gasteiger partial charge in [0.25, 0.3) is 0 Å². The van der Waals surface area contributed by atoms with Crippen LogP contribution in [0.1, 0.15) is 120 Å². The fraction of sp³-hybridized carbons (Fsp3) is 1.00. The highest BCUT2D eigenvalue weighted by Gasteiger charge is 2.70. The van der Waals surface area contributed by atoms with Crippen LogP contribution in [-0.2, 0) is 14.2 Å². The van der Waals surface area contributed by atoms with Crippen molar-refractivity contribution in [3.8, 4) is 0 Å². The van der Waals surface area contributed by atoms with Gasteiger partial charge in [-0.3, -0.25) is 0 Å². The lowest BCUT2D eigenvalue weighted by atomic mass is 9.35. The average Bonchev–Trinajstić information content (AvgIpc) is 3.52. The summed E-state index contributed by atoms with van der Waals surface area (Å²) in [6.07, 6.45) is 4.62. The number of aliphatic hydroxyl groups excluding tert-OH is 4. The normalized spacial score (nSPS) is 55.7. The number of ether oxygens (including phenoxy) is 3. The summed E-state index contributed by atoms with van der Waals surface area (Å²) in [6.45, 7) is 18.0. The number of hydrogen-bond acceptors (Lipinski definition) is 8. The molecule has 8 nitrogen and oxygen atoms in total. The summed E-state index contributed by atoms with van der Waals surface area (Å²) in [5, 5.41) is 52.2. The van der Waals surface area contributed by atoms with E-state index in [4.69, 9.17) is 14.2 Å². The first kappa shape index (κ1) is 33.6. The lowest BCUT2D eigenvalue weighted by molar-refractivity contribution is -0.319. The molecule has 8 heteroatoms. The molecule has 0 aromatic rings. The minimum Gasteiger partial charge on any atom is -0.394 e. The fourth-order valence-electron chi connectivity index (χ4n) is 12.7. The lowest BCUT2D eigenvalue weighted by Gasteiger charge is -2.70. The van der Waals surface area contributed by atoms with Crippen molar-refractivity contribution in [3.63, 3.8) is 0 Å². The summed E-state index contributed by atoms with van der Waals surface area (Å²) < 4.78 is 18.7. The van der Waals surface area contributed by atoms with E-state index < -0.39 is 42.9 Å². The van der Waals surface area contributed by atoms with Crippen LogP contribution in [0.25, 0.3) is 0 Å². The molecule has 254 valence electrons. The van der Waals surface area contributed by atoms with Crippen LogP contribution in [0.5, 0.6) is 0 Å². The van der Waals surface area contributed by atoms with Gasteiger partial charge in [0.2, 0.25) is 0 Å². The van der Waals surface area contributed by atoms with Gasteiger partial charge >= 0.3 is 0 Å². The molecule has 2 aliphatic heterocycles. The molecule has 0 bridgehead atoms. The van der Waals surface area contributed by atoms with Gasteiger partial charge in [-0.2, -0.15) is 0 Å². The largest absolute Gasteiger partial charge is 0.394 e. The van der Waals surface area contributed by atoms with Gasteiger partial charge in [-0.1, -0.05) is 34.6 Å². The molecule has 0 spiro atoms. The Morgan fingerprint density at radius 3 is 2.07 bits per heavy atom. The van der Waals surface area contributed by atoms with Crippen LogP contribution in [-0.4, -0.2) is 86.3 Å². The van der Waals surface area contributed by atoms with Gasteiger partial charge in [0.15, 0.2) is 6.29 Å². The van der Waals surface area contributed by atoms with Gasteiger partial charge in [0.05, 0.1) is 30.0 Å². The van der Waals surface area contributed by atoms with Crippen LogP contribution in [0, 0.1) is 45.3 Å².